The highest BCUT2D eigenvalue weighted by Gasteiger charge is 2.30. The Balaban J connectivity index is 1.72. The molecule has 39 heavy (non-hydrogen) atoms. The maximum absolute atomic E-state index is 14.0. The molecule has 8 nitrogen and oxygen atoms in total. The molecule has 0 aliphatic heterocycles. The van der Waals surface area contributed by atoms with Gasteiger partial charge >= 0.3 is 0 Å². The molecular formula is C30H28N2O6S. The summed E-state index contributed by atoms with van der Waals surface area (Å²) >= 11 is 0. The minimum atomic E-state index is -4.28. The van der Waals surface area contributed by atoms with Gasteiger partial charge in [0, 0.05) is 25.5 Å². The van der Waals surface area contributed by atoms with E-state index in [1.807, 2.05) is 0 Å². The topological polar surface area (TPSA) is 93.2 Å². The normalized spacial score (nSPS) is 11.0. The molecule has 0 aliphatic rings. The molecule has 0 saturated carbocycles. The predicted molar refractivity (Wildman–Crippen MR) is 150 cm³/mol. The Bertz CT molecular complexity index is 1480. The van der Waals surface area contributed by atoms with Gasteiger partial charge in [-0.15, -0.1) is 0 Å². The Kier molecular flexibility index (Phi) is 8.01. The van der Waals surface area contributed by atoms with E-state index in [9.17, 15) is 18.0 Å². The average Bonchev–Trinajstić information content (AvgIpc) is 2.99. The van der Waals surface area contributed by atoms with Crippen molar-refractivity contribution in [3.63, 3.8) is 0 Å². The van der Waals surface area contributed by atoms with Crippen LogP contribution >= 0.6 is 0 Å². The molecule has 0 atom stereocenters. The van der Waals surface area contributed by atoms with Gasteiger partial charge in [-0.2, -0.15) is 0 Å². The fourth-order valence-electron chi connectivity index (χ4n) is 4.08. The third-order valence-electron chi connectivity index (χ3n) is 6.34. The summed E-state index contributed by atoms with van der Waals surface area (Å²) in [5, 5.41) is 0. The van der Waals surface area contributed by atoms with Crippen molar-refractivity contribution in [1.29, 1.82) is 0 Å². The Morgan fingerprint density at radius 3 is 1.23 bits per heavy atom. The van der Waals surface area contributed by atoms with E-state index in [0.29, 0.717) is 22.9 Å². The van der Waals surface area contributed by atoms with Crippen LogP contribution in [0.5, 0.6) is 11.5 Å². The Hall–Kier alpha value is -4.63. The van der Waals surface area contributed by atoms with Gasteiger partial charge in [0.1, 0.15) is 11.5 Å². The van der Waals surface area contributed by atoms with Crippen LogP contribution in [0.2, 0.25) is 0 Å². The number of benzene rings is 4. The lowest BCUT2D eigenvalue weighted by Crippen LogP contribution is -2.29. The molecular weight excluding hydrogens is 516 g/mol. The van der Waals surface area contributed by atoms with Crippen molar-refractivity contribution in [2.24, 2.45) is 0 Å². The summed E-state index contributed by atoms with van der Waals surface area (Å²) in [6.07, 6.45) is 0. The van der Waals surface area contributed by atoms with E-state index < -0.39 is 21.7 Å². The van der Waals surface area contributed by atoms with Gasteiger partial charge in [-0.05, 0) is 72.8 Å². The molecule has 0 saturated heterocycles. The lowest BCUT2D eigenvalue weighted by atomic mass is 10.2. The molecule has 0 aromatic heterocycles. The monoisotopic (exact) mass is 544 g/mol. The van der Waals surface area contributed by atoms with Gasteiger partial charge in [0.2, 0.25) is 9.84 Å². The van der Waals surface area contributed by atoms with Crippen LogP contribution in [-0.4, -0.2) is 48.5 Å². The number of amides is 2. The first-order valence-corrected chi connectivity index (χ1v) is 13.4. The van der Waals surface area contributed by atoms with Crippen molar-refractivity contribution in [2.75, 3.05) is 38.1 Å². The van der Waals surface area contributed by atoms with Crippen molar-refractivity contribution in [1.82, 2.24) is 0 Å². The van der Waals surface area contributed by atoms with E-state index >= 15 is 0 Å². The molecule has 0 spiro atoms. The van der Waals surface area contributed by atoms with Crippen molar-refractivity contribution in [3.05, 3.63) is 108 Å². The van der Waals surface area contributed by atoms with Crippen LogP contribution in [-0.2, 0) is 9.84 Å². The minimum Gasteiger partial charge on any atom is -0.497 e. The maximum Gasteiger partial charge on any atom is 0.259 e. The zero-order chi connectivity index (χ0) is 28.2. The number of sulfone groups is 1. The second-order valence-corrected chi connectivity index (χ2v) is 10.5. The second-order valence-electron chi connectivity index (χ2n) is 8.62. The van der Waals surface area contributed by atoms with Crippen LogP contribution in [0.4, 0.5) is 11.4 Å². The summed E-state index contributed by atoms with van der Waals surface area (Å²) in [5.74, 6) is 0.226. The first kappa shape index (κ1) is 27.4. The first-order valence-electron chi connectivity index (χ1n) is 12.0. The lowest BCUT2D eigenvalue weighted by Gasteiger charge is -2.21. The van der Waals surface area contributed by atoms with Crippen LogP contribution in [0.1, 0.15) is 20.7 Å². The molecule has 0 bridgehead atoms. The molecule has 4 aromatic rings. The van der Waals surface area contributed by atoms with Gasteiger partial charge in [-0.25, -0.2) is 8.42 Å². The van der Waals surface area contributed by atoms with E-state index in [0.717, 1.165) is 0 Å². The third-order valence-corrected chi connectivity index (χ3v) is 8.21. The molecule has 0 radical (unpaired) electrons. The maximum atomic E-state index is 14.0. The zero-order valence-electron chi connectivity index (χ0n) is 22.0. The number of carbonyl (C=O) groups excluding carboxylic acids is 2. The number of rotatable bonds is 8. The van der Waals surface area contributed by atoms with Crippen molar-refractivity contribution >= 4 is 33.0 Å². The number of methoxy groups -OCH3 is 2. The fourth-order valence-corrected chi connectivity index (χ4v) is 5.72. The van der Waals surface area contributed by atoms with E-state index in [2.05, 4.69) is 0 Å². The van der Waals surface area contributed by atoms with Crippen molar-refractivity contribution < 1.29 is 27.5 Å². The van der Waals surface area contributed by atoms with Crippen LogP contribution in [0.25, 0.3) is 0 Å². The molecule has 4 rings (SSSR count). The summed E-state index contributed by atoms with van der Waals surface area (Å²) in [6, 6.07) is 25.6. The number of anilines is 2. The lowest BCUT2D eigenvalue weighted by molar-refractivity contribution is 0.0983. The number of ether oxygens (including phenoxy) is 2. The smallest absolute Gasteiger partial charge is 0.259 e. The summed E-state index contributed by atoms with van der Waals surface area (Å²) in [6.45, 7) is 0. The molecule has 2 amide bonds. The third kappa shape index (κ3) is 5.49. The molecule has 4 aromatic carbocycles. The Morgan fingerprint density at radius 1 is 0.564 bits per heavy atom. The van der Waals surface area contributed by atoms with E-state index in [1.54, 1.807) is 101 Å². The van der Waals surface area contributed by atoms with Crippen LogP contribution < -0.4 is 19.3 Å². The number of hydrogen-bond acceptors (Lipinski definition) is 6. The Labute approximate surface area is 227 Å². The molecule has 0 aliphatic carbocycles. The largest absolute Gasteiger partial charge is 0.497 e. The van der Waals surface area contributed by atoms with Gasteiger partial charge in [-0.1, -0.05) is 24.3 Å². The highest BCUT2D eigenvalue weighted by molar-refractivity contribution is 7.91. The quantitative estimate of drug-likeness (QED) is 0.307. The van der Waals surface area contributed by atoms with Gasteiger partial charge in [-0.3, -0.25) is 9.59 Å². The van der Waals surface area contributed by atoms with E-state index in [-0.39, 0.29) is 20.9 Å². The minimum absolute atomic E-state index is 0.0124. The summed E-state index contributed by atoms with van der Waals surface area (Å²) in [5.41, 5.74) is 1.09. The molecule has 9 heteroatoms. The Morgan fingerprint density at radius 2 is 0.897 bits per heavy atom. The van der Waals surface area contributed by atoms with Crippen molar-refractivity contribution in [3.8, 4) is 11.5 Å². The molecule has 0 fully saturated rings. The van der Waals surface area contributed by atoms with Crippen LogP contribution in [0.3, 0.4) is 0 Å². The van der Waals surface area contributed by atoms with Crippen LogP contribution in [0.15, 0.2) is 107 Å². The molecule has 0 N–H and O–H groups in total. The second kappa shape index (κ2) is 11.4. The summed E-state index contributed by atoms with van der Waals surface area (Å²) < 4.78 is 38.3. The SMILES string of the molecule is COc1ccc(N(C)C(=O)c2ccccc2S(=O)(=O)c2ccccc2C(=O)N(C)c2ccc(OC)cc2)cc1. The molecule has 0 unspecified atom stereocenters. The van der Waals surface area contributed by atoms with E-state index in [4.69, 9.17) is 9.47 Å². The van der Waals surface area contributed by atoms with Crippen molar-refractivity contribution in [2.45, 2.75) is 9.79 Å². The number of nitrogens with zero attached hydrogens (tertiary/aromatic N) is 2. The zero-order valence-corrected chi connectivity index (χ0v) is 22.8. The standard InChI is InChI=1S/C30H28N2O6S/c1-31(21-13-17-23(37-3)18-14-21)29(33)25-9-5-7-11-27(25)39(35,36)28-12-8-6-10-26(28)30(34)32(2)22-15-19-24(38-4)20-16-22/h5-20H,1-4H3. The summed E-state index contributed by atoms with van der Waals surface area (Å²) in [4.78, 5) is 29.4. The van der Waals surface area contributed by atoms with E-state index in [1.165, 1.54) is 34.1 Å². The first-order chi connectivity index (χ1) is 18.7. The fraction of sp³-hybridized carbons (Fsp3) is 0.133. The molecule has 0 heterocycles. The van der Waals surface area contributed by atoms with Gasteiger partial charge in [0.05, 0.1) is 35.1 Å². The van der Waals surface area contributed by atoms with Gasteiger partial charge in [0.15, 0.2) is 0 Å². The summed E-state index contributed by atoms with van der Waals surface area (Å²) in [7, 11) is 1.94. The van der Waals surface area contributed by atoms with Gasteiger partial charge < -0.3 is 19.3 Å². The predicted octanol–water partition coefficient (Wildman–Crippen LogP) is 5.09. The van der Waals surface area contributed by atoms with Gasteiger partial charge in [0.25, 0.3) is 11.8 Å². The average molecular weight is 545 g/mol. The number of hydrogen-bond donors (Lipinski definition) is 0. The highest BCUT2D eigenvalue weighted by atomic mass is 32.2. The molecule has 200 valence electrons. The highest BCUT2D eigenvalue weighted by Crippen LogP contribution is 2.30. The number of carbonyl (C=O) groups is 2. The van der Waals surface area contributed by atoms with Crippen LogP contribution in [0, 0.1) is 0 Å².